The number of amides is 1. The largest absolute Gasteiger partial charge is 0.507 e. The van der Waals surface area contributed by atoms with Crippen molar-refractivity contribution in [3.63, 3.8) is 0 Å². The van der Waals surface area contributed by atoms with Crippen molar-refractivity contribution in [1.82, 2.24) is 15.1 Å². The number of hydrogen-bond donors (Lipinski definition) is 2. The van der Waals surface area contributed by atoms with E-state index in [1.165, 1.54) is 6.07 Å². The summed E-state index contributed by atoms with van der Waals surface area (Å²) in [6.07, 6.45) is 1.72. The molecule has 1 amide bonds. The molecule has 0 aliphatic heterocycles. The number of hydrogen-bond acceptors (Lipinski definition) is 3. The van der Waals surface area contributed by atoms with E-state index in [9.17, 15) is 9.90 Å². The van der Waals surface area contributed by atoms with Gasteiger partial charge >= 0.3 is 0 Å². The molecule has 0 atom stereocenters. The normalized spacial score (nSPS) is 10.5. The Morgan fingerprint density at radius 2 is 2.26 bits per heavy atom. The molecule has 0 fully saturated rings. The quantitative estimate of drug-likeness (QED) is 0.909. The van der Waals surface area contributed by atoms with Gasteiger partial charge in [0.1, 0.15) is 5.75 Å². The maximum Gasteiger partial charge on any atom is 0.255 e. The van der Waals surface area contributed by atoms with E-state index in [1.54, 1.807) is 23.0 Å². The van der Waals surface area contributed by atoms with E-state index in [0.717, 1.165) is 15.7 Å². The molecule has 0 radical (unpaired) electrons. The number of halogens is 1. The molecule has 6 heteroatoms. The molecular formula is C13H14BrN3O2. The highest BCUT2D eigenvalue weighted by Crippen LogP contribution is 2.21. The molecule has 0 unspecified atom stereocenters. The first-order chi connectivity index (χ1) is 8.99. The fraction of sp³-hybridized carbons (Fsp3) is 0.231. The molecule has 0 aliphatic rings. The maximum atomic E-state index is 12.0. The molecule has 0 spiro atoms. The monoisotopic (exact) mass is 323 g/mol. The molecular weight excluding hydrogens is 310 g/mol. The number of rotatable bonds is 3. The Labute approximate surface area is 119 Å². The highest BCUT2D eigenvalue weighted by Gasteiger charge is 2.12. The van der Waals surface area contributed by atoms with Gasteiger partial charge in [-0.2, -0.15) is 5.10 Å². The van der Waals surface area contributed by atoms with Gasteiger partial charge < -0.3 is 10.4 Å². The van der Waals surface area contributed by atoms with Gasteiger partial charge in [0.25, 0.3) is 5.91 Å². The summed E-state index contributed by atoms with van der Waals surface area (Å²) in [6, 6.07) is 4.74. The summed E-state index contributed by atoms with van der Waals surface area (Å²) in [5.74, 6) is -0.356. The van der Waals surface area contributed by atoms with Gasteiger partial charge in [0.15, 0.2) is 0 Å². The van der Waals surface area contributed by atoms with Crippen molar-refractivity contribution >= 4 is 21.8 Å². The zero-order valence-corrected chi connectivity index (χ0v) is 12.2. The van der Waals surface area contributed by atoms with Crippen LogP contribution < -0.4 is 5.32 Å². The number of aromatic nitrogens is 2. The lowest BCUT2D eigenvalue weighted by Crippen LogP contribution is -2.23. The fourth-order valence-corrected chi connectivity index (χ4v) is 2.04. The number of phenols is 1. The number of benzene rings is 1. The van der Waals surface area contributed by atoms with Crippen LogP contribution in [0.15, 0.2) is 28.9 Å². The average Bonchev–Trinajstić information content (AvgIpc) is 2.70. The third-order valence-corrected chi connectivity index (χ3v) is 3.47. The Morgan fingerprint density at radius 1 is 1.53 bits per heavy atom. The number of nitrogens with one attached hydrogen (secondary N) is 1. The van der Waals surface area contributed by atoms with Gasteiger partial charge in [0.2, 0.25) is 0 Å². The van der Waals surface area contributed by atoms with Crippen molar-refractivity contribution in [3.05, 3.63) is 45.7 Å². The summed E-state index contributed by atoms with van der Waals surface area (Å²) >= 11 is 3.27. The predicted molar refractivity (Wildman–Crippen MR) is 74.9 cm³/mol. The SMILES string of the molecule is Cc1c(CNC(=O)c2cc(Br)ccc2O)cnn1C. The first-order valence-electron chi connectivity index (χ1n) is 5.73. The Morgan fingerprint density at radius 3 is 2.89 bits per heavy atom. The molecule has 0 saturated carbocycles. The smallest absolute Gasteiger partial charge is 0.255 e. The zero-order chi connectivity index (χ0) is 14.0. The summed E-state index contributed by atoms with van der Waals surface area (Å²) in [5, 5.41) is 16.5. The molecule has 19 heavy (non-hydrogen) atoms. The van der Waals surface area contributed by atoms with E-state index < -0.39 is 0 Å². The molecule has 1 heterocycles. The van der Waals surface area contributed by atoms with Crippen molar-refractivity contribution < 1.29 is 9.90 Å². The van der Waals surface area contributed by atoms with Crippen LogP contribution in [0.4, 0.5) is 0 Å². The molecule has 0 saturated heterocycles. The number of nitrogens with zero attached hydrogens (tertiary/aromatic N) is 2. The molecule has 1 aromatic heterocycles. The lowest BCUT2D eigenvalue weighted by atomic mass is 10.2. The van der Waals surface area contributed by atoms with Gasteiger partial charge in [-0.15, -0.1) is 0 Å². The van der Waals surface area contributed by atoms with E-state index in [2.05, 4.69) is 26.3 Å². The van der Waals surface area contributed by atoms with Crippen LogP contribution in [-0.4, -0.2) is 20.8 Å². The van der Waals surface area contributed by atoms with Gasteiger partial charge in [-0.25, -0.2) is 0 Å². The Kier molecular flexibility index (Phi) is 3.90. The second-order valence-corrected chi connectivity index (χ2v) is 5.14. The summed E-state index contributed by atoms with van der Waals surface area (Å²) in [4.78, 5) is 12.0. The van der Waals surface area contributed by atoms with Crippen molar-refractivity contribution in [2.24, 2.45) is 7.05 Å². The second kappa shape index (κ2) is 5.44. The minimum absolute atomic E-state index is 0.0383. The van der Waals surface area contributed by atoms with Crippen molar-refractivity contribution in [3.8, 4) is 5.75 Å². The van der Waals surface area contributed by atoms with Crippen LogP contribution in [0.5, 0.6) is 5.75 Å². The first kappa shape index (κ1) is 13.6. The lowest BCUT2D eigenvalue weighted by Gasteiger charge is -2.07. The van der Waals surface area contributed by atoms with E-state index in [-0.39, 0.29) is 17.2 Å². The Hall–Kier alpha value is -1.82. The number of carbonyl (C=O) groups excluding carboxylic acids is 1. The minimum atomic E-state index is -0.318. The van der Waals surface area contributed by atoms with Gasteiger partial charge in [0.05, 0.1) is 11.8 Å². The first-order valence-corrected chi connectivity index (χ1v) is 6.52. The van der Waals surface area contributed by atoms with Crippen molar-refractivity contribution in [2.45, 2.75) is 13.5 Å². The van der Waals surface area contributed by atoms with Crippen LogP contribution >= 0.6 is 15.9 Å². The standard InChI is InChI=1S/C13H14BrN3O2/c1-8-9(7-16-17(8)2)6-15-13(19)11-5-10(14)3-4-12(11)18/h3-5,7,18H,6H2,1-2H3,(H,15,19). The molecule has 100 valence electrons. The molecule has 2 N–H and O–H groups in total. The Balaban J connectivity index is 2.09. The number of aryl methyl sites for hydroxylation is 1. The van der Waals surface area contributed by atoms with Crippen LogP contribution in [0.3, 0.4) is 0 Å². The Bertz CT molecular complexity index is 622. The second-order valence-electron chi connectivity index (χ2n) is 4.22. The predicted octanol–water partition coefficient (Wildman–Crippen LogP) is 2.13. The number of aromatic hydroxyl groups is 1. The number of carbonyl (C=O) groups is 1. The molecule has 5 nitrogen and oxygen atoms in total. The molecule has 2 aromatic rings. The van der Waals surface area contributed by atoms with Crippen LogP contribution in [0, 0.1) is 6.92 Å². The highest BCUT2D eigenvalue weighted by molar-refractivity contribution is 9.10. The lowest BCUT2D eigenvalue weighted by molar-refractivity contribution is 0.0948. The minimum Gasteiger partial charge on any atom is -0.507 e. The summed E-state index contributed by atoms with van der Waals surface area (Å²) < 4.78 is 2.49. The maximum absolute atomic E-state index is 12.0. The molecule has 0 bridgehead atoms. The molecule has 0 aliphatic carbocycles. The third-order valence-electron chi connectivity index (χ3n) is 2.98. The van der Waals surface area contributed by atoms with E-state index in [0.29, 0.717) is 6.54 Å². The zero-order valence-electron chi connectivity index (χ0n) is 10.6. The third kappa shape index (κ3) is 2.96. The van der Waals surface area contributed by atoms with Gasteiger partial charge in [-0.1, -0.05) is 15.9 Å². The molecule has 1 aromatic carbocycles. The van der Waals surface area contributed by atoms with E-state index >= 15 is 0 Å². The highest BCUT2D eigenvalue weighted by atomic mass is 79.9. The van der Waals surface area contributed by atoms with Crippen molar-refractivity contribution in [2.75, 3.05) is 0 Å². The molecule has 2 rings (SSSR count). The van der Waals surface area contributed by atoms with Gasteiger partial charge in [0, 0.05) is 29.3 Å². The summed E-state index contributed by atoms with van der Waals surface area (Å²) in [5.41, 5.74) is 2.19. The van der Waals surface area contributed by atoms with Crippen molar-refractivity contribution in [1.29, 1.82) is 0 Å². The van der Waals surface area contributed by atoms with Crippen LogP contribution in [0.25, 0.3) is 0 Å². The van der Waals surface area contributed by atoms with E-state index in [4.69, 9.17) is 0 Å². The van der Waals surface area contributed by atoms with Gasteiger partial charge in [-0.3, -0.25) is 9.48 Å². The van der Waals surface area contributed by atoms with E-state index in [1.807, 2.05) is 14.0 Å². The fourth-order valence-electron chi connectivity index (χ4n) is 1.68. The summed E-state index contributed by atoms with van der Waals surface area (Å²) in [6.45, 7) is 2.32. The van der Waals surface area contributed by atoms with Crippen LogP contribution in [0.1, 0.15) is 21.6 Å². The van der Waals surface area contributed by atoms with Crippen LogP contribution in [0.2, 0.25) is 0 Å². The topological polar surface area (TPSA) is 67.2 Å². The van der Waals surface area contributed by atoms with Crippen LogP contribution in [-0.2, 0) is 13.6 Å². The van der Waals surface area contributed by atoms with Gasteiger partial charge in [-0.05, 0) is 25.1 Å². The summed E-state index contributed by atoms with van der Waals surface area (Å²) in [7, 11) is 1.85. The average molecular weight is 324 g/mol. The number of phenolic OH excluding ortho intramolecular Hbond substituents is 1.